The normalized spacial score (nSPS) is 21.2. The Morgan fingerprint density at radius 3 is 2.93 bits per heavy atom. The van der Waals surface area contributed by atoms with Gasteiger partial charge in [0.2, 0.25) is 0 Å². The van der Waals surface area contributed by atoms with E-state index in [0.29, 0.717) is 0 Å². The summed E-state index contributed by atoms with van der Waals surface area (Å²) in [7, 11) is 0. The number of thioether (sulfide) groups is 1. The zero-order valence-electron chi connectivity index (χ0n) is 8.86. The molecule has 1 atom stereocenters. The van der Waals surface area contributed by atoms with Gasteiger partial charge in [-0.1, -0.05) is 42.5 Å². The summed E-state index contributed by atoms with van der Waals surface area (Å²) >= 11 is 2.05. The Kier molecular flexibility index (Phi) is 4.30. The van der Waals surface area contributed by atoms with Gasteiger partial charge in [-0.05, 0) is 17.7 Å². The van der Waals surface area contributed by atoms with Crippen LogP contribution in [0, 0.1) is 0 Å². The minimum absolute atomic E-state index is 0.732. The molecule has 1 unspecified atom stereocenters. The van der Waals surface area contributed by atoms with Crippen LogP contribution in [0.25, 0.3) is 6.08 Å². The van der Waals surface area contributed by atoms with Crippen LogP contribution in [0.3, 0.4) is 0 Å². The van der Waals surface area contributed by atoms with Crippen LogP contribution in [0.4, 0.5) is 0 Å². The zero-order chi connectivity index (χ0) is 10.3. The van der Waals surface area contributed by atoms with Crippen molar-refractivity contribution in [1.29, 1.82) is 0 Å². The van der Waals surface area contributed by atoms with E-state index in [0.717, 1.165) is 12.6 Å². The standard InChI is InChI=1S/C13H17NS/c1-2-5-12(6-3-1)7-4-9-14-13-8-10-15-11-13/h1-7,13-14H,8-11H2/b7-4+. The van der Waals surface area contributed by atoms with Crippen LogP contribution >= 0.6 is 11.8 Å². The van der Waals surface area contributed by atoms with Crippen LogP contribution in [0.5, 0.6) is 0 Å². The van der Waals surface area contributed by atoms with Gasteiger partial charge in [0.15, 0.2) is 0 Å². The molecule has 15 heavy (non-hydrogen) atoms. The summed E-state index contributed by atoms with van der Waals surface area (Å²) in [6.45, 7) is 0.986. The summed E-state index contributed by atoms with van der Waals surface area (Å²) in [4.78, 5) is 0. The molecule has 2 rings (SSSR count). The van der Waals surface area contributed by atoms with E-state index in [1.807, 2.05) is 6.07 Å². The molecule has 0 spiro atoms. The summed E-state index contributed by atoms with van der Waals surface area (Å²) in [6, 6.07) is 11.2. The molecule has 1 aliphatic rings. The Morgan fingerprint density at radius 2 is 2.20 bits per heavy atom. The van der Waals surface area contributed by atoms with Gasteiger partial charge < -0.3 is 5.32 Å². The molecular formula is C13H17NS. The molecule has 1 fully saturated rings. The minimum Gasteiger partial charge on any atom is -0.310 e. The largest absolute Gasteiger partial charge is 0.310 e. The van der Waals surface area contributed by atoms with Crippen LogP contribution in [0.15, 0.2) is 36.4 Å². The topological polar surface area (TPSA) is 12.0 Å². The van der Waals surface area contributed by atoms with Crippen molar-refractivity contribution in [3.05, 3.63) is 42.0 Å². The average Bonchev–Trinajstić information content (AvgIpc) is 2.79. The van der Waals surface area contributed by atoms with E-state index in [9.17, 15) is 0 Å². The molecule has 0 aliphatic carbocycles. The van der Waals surface area contributed by atoms with E-state index in [1.54, 1.807) is 0 Å². The Labute approximate surface area is 96.0 Å². The summed E-state index contributed by atoms with van der Waals surface area (Å²) in [5.41, 5.74) is 1.28. The highest BCUT2D eigenvalue weighted by Gasteiger charge is 2.12. The molecule has 0 radical (unpaired) electrons. The molecule has 0 saturated carbocycles. The third kappa shape index (κ3) is 3.73. The molecule has 1 aromatic carbocycles. The Bertz CT molecular complexity index is 302. The molecule has 1 nitrogen and oxygen atoms in total. The van der Waals surface area contributed by atoms with Crippen molar-refractivity contribution >= 4 is 17.8 Å². The summed E-state index contributed by atoms with van der Waals surface area (Å²) in [6.07, 6.45) is 5.71. The number of benzene rings is 1. The second-order valence-electron chi connectivity index (χ2n) is 3.78. The van der Waals surface area contributed by atoms with Crippen molar-refractivity contribution < 1.29 is 0 Å². The first-order valence-electron chi connectivity index (χ1n) is 5.48. The van der Waals surface area contributed by atoms with E-state index in [2.05, 4.69) is 53.5 Å². The molecule has 2 heteroatoms. The fourth-order valence-electron chi connectivity index (χ4n) is 1.69. The maximum absolute atomic E-state index is 3.54. The van der Waals surface area contributed by atoms with E-state index < -0.39 is 0 Å². The molecule has 0 aromatic heterocycles. The molecule has 1 N–H and O–H groups in total. The molecule has 0 bridgehead atoms. The maximum Gasteiger partial charge on any atom is 0.0169 e. The van der Waals surface area contributed by atoms with Crippen LogP contribution in [-0.2, 0) is 0 Å². The lowest BCUT2D eigenvalue weighted by atomic mass is 10.2. The van der Waals surface area contributed by atoms with Gasteiger partial charge in [-0.3, -0.25) is 0 Å². The van der Waals surface area contributed by atoms with E-state index in [1.165, 1.54) is 23.5 Å². The van der Waals surface area contributed by atoms with Crippen molar-refractivity contribution in [1.82, 2.24) is 5.32 Å². The first-order chi connectivity index (χ1) is 7.45. The van der Waals surface area contributed by atoms with Gasteiger partial charge in [0.1, 0.15) is 0 Å². The lowest BCUT2D eigenvalue weighted by Crippen LogP contribution is -2.28. The number of nitrogens with one attached hydrogen (secondary N) is 1. The zero-order valence-corrected chi connectivity index (χ0v) is 9.67. The maximum atomic E-state index is 3.54. The van der Waals surface area contributed by atoms with Crippen LogP contribution < -0.4 is 5.32 Å². The quantitative estimate of drug-likeness (QED) is 0.835. The summed E-state index contributed by atoms with van der Waals surface area (Å²) < 4.78 is 0. The lowest BCUT2D eigenvalue weighted by molar-refractivity contribution is 0.595. The summed E-state index contributed by atoms with van der Waals surface area (Å²) in [5, 5.41) is 3.54. The highest BCUT2D eigenvalue weighted by Crippen LogP contribution is 2.16. The molecule has 0 amide bonds. The predicted octanol–water partition coefficient (Wildman–Crippen LogP) is 2.79. The predicted molar refractivity (Wildman–Crippen MR) is 69.2 cm³/mol. The van der Waals surface area contributed by atoms with Gasteiger partial charge in [0, 0.05) is 18.3 Å². The number of hydrogen-bond donors (Lipinski definition) is 1. The molecule has 1 aliphatic heterocycles. The van der Waals surface area contributed by atoms with Crippen molar-refractivity contribution in [3.63, 3.8) is 0 Å². The van der Waals surface area contributed by atoms with Crippen LogP contribution in [0.2, 0.25) is 0 Å². The van der Waals surface area contributed by atoms with Crippen LogP contribution in [-0.4, -0.2) is 24.1 Å². The van der Waals surface area contributed by atoms with Crippen LogP contribution in [0.1, 0.15) is 12.0 Å². The van der Waals surface area contributed by atoms with Gasteiger partial charge in [-0.2, -0.15) is 11.8 Å². The third-order valence-electron chi connectivity index (χ3n) is 2.56. The van der Waals surface area contributed by atoms with Gasteiger partial charge in [-0.15, -0.1) is 0 Å². The average molecular weight is 219 g/mol. The molecule has 1 saturated heterocycles. The summed E-state index contributed by atoms with van der Waals surface area (Å²) in [5.74, 6) is 2.60. The van der Waals surface area contributed by atoms with Crippen molar-refractivity contribution in [2.45, 2.75) is 12.5 Å². The lowest BCUT2D eigenvalue weighted by Gasteiger charge is -2.07. The smallest absolute Gasteiger partial charge is 0.0169 e. The fraction of sp³-hybridized carbons (Fsp3) is 0.385. The van der Waals surface area contributed by atoms with Gasteiger partial charge >= 0.3 is 0 Å². The molecule has 1 heterocycles. The Morgan fingerprint density at radius 1 is 1.33 bits per heavy atom. The molecule has 80 valence electrons. The second-order valence-corrected chi connectivity index (χ2v) is 4.93. The Hall–Kier alpha value is -0.730. The monoisotopic (exact) mass is 219 g/mol. The Balaban J connectivity index is 1.71. The highest BCUT2D eigenvalue weighted by molar-refractivity contribution is 7.99. The van der Waals surface area contributed by atoms with Gasteiger partial charge in [-0.25, -0.2) is 0 Å². The van der Waals surface area contributed by atoms with Gasteiger partial charge in [0.25, 0.3) is 0 Å². The molecular weight excluding hydrogens is 202 g/mol. The van der Waals surface area contributed by atoms with E-state index >= 15 is 0 Å². The number of rotatable bonds is 4. The number of hydrogen-bond acceptors (Lipinski definition) is 2. The first kappa shape index (κ1) is 10.8. The minimum atomic E-state index is 0.732. The molecule has 1 aromatic rings. The highest BCUT2D eigenvalue weighted by atomic mass is 32.2. The first-order valence-corrected chi connectivity index (χ1v) is 6.63. The van der Waals surface area contributed by atoms with Crippen molar-refractivity contribution in [3.8, 4) is 0 Å². The third-order valence-corrected chi connectivity index (χ3v) is 3.73. The SMILES string of the molecule is C(=C\c1ccccc1)/CNC1CCSC1. The van der Waals surface area contributed by atoms with E-state index in [-0.39, 0.29) is 0 Å². The van der Waals surface area contributed by atoms with E-state index in [4.69, 9.17) is 0 Å². The fourth-order valence-corrected chi connectivity index (χ4v) is 2.88. The van der Waals surface area contributed by atoms with Gasteiger partial charge in [0.05, 0.1) is 0 Å². The van der Waals surface area contributed by atoms with Crippen molar-refractivity contribution in [2.24, 2.45) is 0 Å². The second kappa shape index (κ2) is 5.99. The van der Waals surface area contributed by atoms with Crippen molar-refractivity contribution in [2.75, 3.05) is 18.1 Å².